The normalized spacial score (nSPS) is 11.2. The second-order valence-corrected chi connectivity index (χ2v) is 21.6. The second kappa shape index (κ2) is 32.6. The Kier molecular flexibility index (Phi) is 22.5. The van der Waals surface area contributed by atoms with Gasteiger partial charge in [0.05, 0.1) is 78.0 Å². The lowest BCUT2D eigenvalue weighted by atomic mass is 10.2. The summed E-state index contributed by atoms with van der Waals surface area (Å²) in [5, 5.41) is 32.2. The van der Waals surface area contributed by atoms with Crippen molar-refractivity contribution < 1.29 is 32.8 Å². The minimum Gasteiger partial charge on any atom is -0.490 e. The molecule has 0 bridgehead atoms. The number of oxime groups is 3. The molecule has 0 aliphatic rings. The van der Waals surface area contributed by atoms with E-state index in [4.69, 9.17) is 41.2 Å². The number of aromatic nitrogens is 11. The summed E-state index contributed by atoms with van der Waals surface area (Å²) in [6.07, 6.45) is 13.8. The van der Waals surface area contributed by atoms with E-state index < -0.39 is 0 Å². The van der Waals surface area contributed by atoms with Crippen molar-refractivity contribution in [2.45, 2.75) is 40.8 Å². The minimum absolute atomic E-state index is 0.259. The fourth-order valence-corrected chi connectivity index (χ4v) is 9.24. The van der Waals surface area contributed by atoms with Crippen molar-refractivity contribution in [3.8, 4) is 17.2 Å². The molecule has 9 N–H and O–H groups in total. The van der Waals surface area contributed by atoms with Crippen LogP contribution in [0.15, 0.2) is 199 Å². The number of nitrogens with one attached hydrogen (secondary N) is 3. The molecule has 0 unspecified atom stereocenters. The van der Waals surface area contributed by atoms with Gasteiger partial charge in [0.1, 0.15) is 103 Å². The molecule has 0 atom stereocenters. The monoisotopic (exact) mass is 1290 g/mol. The van der Waals surface area contributed by atoms with Gasteiger partial charge in [0.15, 0.2) is 6.61 Å². The molecule has 0 fully saturated rings. The lowest BCUT2D eigenvalue weighted by Gasteiger charge is -2.13. The van der Waals surface area contributed by atoms with Gasteiger partial charge in [-0.2, -0.15) is 10.2 Å². The van der Waals surface area contributed by atoms with Crippen molar-refractivity contribution >= 4 is 92.4 Å². The Morgan fingerprint density at radius 1 is 0.510 bits per heavy atom. The van der Waals surface area contributed by atoms with Gasteiger partial charge in [0.25, 0.3) is 0 Å². The van der Waals surface area contributed by atoms with E-state index in [1.54, 1.807) is 30.7 Å². The Bertz CT molecular complexity index is 4650. The Morgan fingerprint density at radius 2 is 1.02 bits per heavy atom. The smallest absolute Gasteiger partial charge is 0.151 e. The second-order valence-electron chi connectivity index (χ2n) is 21.6. The molecule has 6 aromatic heterocycles. The molecule has 27 heteroatoms. The van der Waals surface area contributed by atoms with Gasteiger partial charge in [-0.15, -0.1) is 0 Å². The zero-order valence-corrected chi connectivity index (χ0v) is 53.0. The molecule has 0 aliphatic heterocycles. The van der Waals surface area contributed by atoms with Gasteiger partial charge in [-0.3, -0.25) is 14.3 Å². The third kappa shape index (κ3) is 18.5. The number of nitrogens with zero attached hydrogens (tertiary/aromatic N) is 14. The highest BCUT2D eigenvalue weighted by atomic mass is 19.1. The number of aryl methyl sites for hydroxylation is 2. The van der Waals surface area contributed by atoms with E-state index in [1.165, 1.54) is 69.0 Å². The standard InChI is InChI=1S/C27H24FN7O2.C23H24FN7O.C19H20N6O2/c28-21-6-4-5-19(13-21)17-35-25-10-9-22(14-20(25)15-32-35)34-27-24(26(29)30-18-31-27)16-33-37-12-11-36-23-7-2-1-3-8-23;1-15(2)13-32-29-11-20-22(25)26-14-27-23(20)30-19-6-7-21-17(9-19)10-28-31(21)12-16-4-3-5-18(24)8-16;1-12-8-14(5-7-17(12)27-15-6-4-13(2)21-9-15)25-19-16(10-24-26-3)18(20)22-11-23-19/h1-10,13-16,18H,11-12,17H2,(H3,29,30,31,34);3-11,14-15H,12-13H2,1-2H3,(H3,25,26,27,30);4-11H,1-3H3,(H3,20,22,23,25)/b33-16+;29-11+;24-10+. The van der Waals surface area contributed by atoms with Crippen molar-refractivity contribution in [2.75, 3.05) is 60.1 Å². The van der Waals surface area contributed by atoms with Gasteiger partial charge in [0, 0.05) is 33.5 Å². The first-order valence-electron chi connectivity index (χ1n) is 30.0. The topological polar surface area (TPSA) is 323 Å². The maximum Gasteiger partial charge on any atom is 0.151 e. The predicted octanol–water partition coefficient (Wildman–Crippen LogP) is 12.7. The lowest BCUT2D eigenvalue weighted by Crippen LogP contribution is -2.06. The van der Waals surface area contributed by atoms with Crippen molar-refractivity contribution in [3.63, 3.8) is 0 Å². The Labute approximate surface area is 550 Å². The zero-order chi connectivity index (χ0) is 67.2. The molecule has 0 spiro atoms. The fraction of sp³-hybridized carbons (Fsp3) is 0.159. The molecule has 6 heterocycles. The van der Waals surface area contributed by atoms with Crippen LogP contribution >= 0.6 is 0 Å². The lowest BCUT2D eigenvalue weighted by molar-refractivity contribution is 0.108. The van der Waals surface area contributed by atoms with Gasteiger partial charge < -0.3 is 57.1 Å². The van der Waals surface area contributed by atoms with Gasteiger partial charge in [-0.05, 0) is 140 Å². The third-order valence-electron chi connectivity index (χ3n) is 13.9. The van der Waals surface area contributed by atoms with E-state index >= 15 is 0 Å². The summed E-state index contributed by atoms with van der Waals surface area (Å²) in [4.78, 5) is 44.4. The number of para-hydroxylation sites is 1. The summed E-state index contributed by atoms with van der Waals surface area (Å²) >= 11 is 0. The average Bonchev–Trinajstić information content (AvgIpc) is 1.60. The molecule has 0 aliphatic carbocycles. The Hall–Kier alpha value is -12.7. The van der Waals surface area contributed by atoms with Crippen LogP contribution in [0.3, 0.4) is 0 Å². The predicted molar refractivity (Wildman–Crippen MR) is 368 cm³/mol. The van der Waals surface area contributed by atoms with Crippen LogP contribution < -0.4 is 42.6 Å². The molecular weight excluding hydrogens is 1230 g/mol. The molecule has 6 aromatic carbocycles. The minimum atomic E-state index is -0.269. The van der Waals surface area contributed by atoms with Crippen LogP contribution in [0.5, 0.6) is 17.2 Å². The average molecular weight is 1300 g/mol. The van der Waals surface area contributed by atoms with E-state index in [0.29, 0.717) is 83.8 Å². The van der Waals surface area contributed by atoms with E-state index in [0.717, 1.165) is 72.8 Å². The van der Waals surface area contributed by atoms with Crippen molar-refractivity contribution in [3.05, 3.63) is 234 Å². The molecule has 25 nitrogen and oxygen atoms in total. The Morgan fingerprint density at radius 3 is 1.51 bits per heavy atom. The van der Waals surface area contributed by atoms with E-state index in [1.807, 2.05) is 146 Å². The van der Waals surface area contributed by atoms with Crippen molar-refractivity contribution in [2.24, 2.45) is 21.4 Å². The maximum absolute atomic E-state index is 13.5. The summed E-state index contributed by atoms with van der Waals surface area (Å²) in [7, 11) is 1.45. The van der Waals surface area contributed by atoms with Gasteiger partial charge in [0.2, 0.25) is 0 Å². The van der Waals surface area contributed by atoms with E-state index in [9.17, 15) is 8.78 Å². The number of nitrogen functional groups attached to an aromatic ring is 3. The third-order valence-corrected chi connectivity index (χ3v) is 13.9. The molecule has 0 saturated carbocycles. The highest BCUT2D eigenvalue weighted by molar-refractivity contribution is 5.95. The molecule has 0 amide bonds. The van der Waals surface area contributed by atoms with Crippen LogP contribution in [0.4, 0.5) is 60.8 Å². The highest BCUT2D eigenvalue weighted by Gasteiger charge is 2.15. The van der Waals surface area contributed by atoms with Crippen LogP contribution in [-0.4, -0.2) is 100 Å². The largest absolute Gasteiger partial charge is 0.490 e. The number of anilines is 9. The van der Waals surface area contributed by atoms with Gasteiger partial charge in [-0.1, -0.05) is 71.8 Å². The Balaban J connectivity index is 0.000000159. The molecule has 0 saturated heterocycles. The summed E-state index contributed by atoms with van der Waals surface area (Å²) in [5.41, 5.74) is 27.4. The summed E-state index contributed by atoms with van der Waals surface area (Å²) in [5.74, 6) is 4.40. The molecule has 12 aromatic rings. The summed E-state index contributed by atoms with van der Waals surface area (Å²) in [6, 6.07) is 43.6. The molecular formula is C69H68F2N20O5. The summed E-state index contributed by atoms with van der Waals surface area (Å²) in [6.45, 7) is 10.0. The van der Waals surface area contributed by atoms with Gasteiger partial charge >= 0.3 is 0 Å². The van der Waals surface area contributed by atoms with Crippen LogP contribution in [0.2, 0.25) is 0 Å². The number of benzene rings is 6. The maximum atomic E-state index is 13.5. The number of ether oxygens (including phenoxy) is 2. The van der Waals surface area contributed by atoms with Gasteiger partial charge in [-0.25, -0.2) is 38.7 Å². The van der Waals surface area contributed by atoms with Crippen molar-refractivity contribution in [1.29, 1.82) is 0 Å². The number of hydrogen-bond donors (Lipinski definition) is 6. The quantitative estimate of drug-likeness (QED) is 0.0186. The first-order chi connectivity index (χ1) is 46.7. The van der Waals surface area contributed by atoms with Crippen LogP contribution in [0.25, 0.3) is 21.8 Å². The first-order valence-corrected chi connectivity index (χ1v) is 30.0. The molecule has 12 rings (SSSR count). The zero-order valence-electron chi connectivity index (χ0n) is 53.0. The SMILES string of the molecule is CC(C)CO/N=C/c1c(N)ncnc1Nc1ccc2c(cnn2Cc2cccc(F)c2)c1.CO/N=C/c1c(N)ncnc1Nc1ccc(Oc2ccc(C)nc2)c(C)c1.Nc1ncnc(Nc2ccc3c(cnn3Cc3cccc(F)c3)c2)c1/C=N/OCCOc1ccccc1. The number of halogens is 2. The van der Waals surface area contributed by atoms with Crippen LogP contribution in [0.1, 0.15) is 52.9 Å². The fourth-order valence-electron chi connectivity index (χ4n) is 9.24. The number of nitrogens with two attached hydrogens (primary N) is 3. The molecule has 96 heavy (non-hydrogen) atoms. The van der Waals surface area contributed by atoms with Crippen molar-refractivity contribution in [1.82, 2.24) is 54.4 Å². The number of hydrogen-bond acceptors (Lipinski definition) is 23. The highest BCUT2D eigenvalue weighted by Crippen LogP contribution is 2.31. The van der Waals surface area contributed by atoms with E-state index in [-0.39, 0.29) is 24.1 Å². The number of rotatable bonds is 24. The van der Waals surface area contributed by atoms with Crippen LogP contribution in [0, 0.1) is 31.4 Å². The van der Waals surface area contributed by atoms with Crippen LogP contribution in [-0.2, 0) is 27.6 Å². The first kappa shape index (κ1) is 66.2. The number of pyridine rings is 1. The molecule has 488 valence electrons. The molecule has 0 radical (unpaired) electrons. The summed E-state index contributed by atoms with van der Waals surface area (Å²) < 4.78 is 42.2. The number of fused-ring (bicyclic) bond motifs is 2. The van der Waals surface area contributed by atoms with E-state index in [2.05, 4.69) is 76.5 Å².